The fourth-order valence-electron chi connectivity index (χ4n) is 5.13. The summed E-state index contributed by atoms with van der Waals surface area (Å²) in [5.74, 6) is 0.109. The summed E-state index contributed by atoms with van der Waals surface area (Å²) >= 11 is 7.22. The normalized spacial score (nSPS) is 18.5. The van der Waals surface area contributed by atoms with E-state index in [-0.39, 0.29) is 29.4 Å². The van der Waals surface area contributed by atoms with Gasteiger partial charge in [0.2, 0.25) is 11.8 Å². The molecule has 9 heteroatoms. The minimum absolute atomic E-state index is 0.0234. The van der Waals surface area contributed by atoms with Gasteiger partial charge in [0.25, 0.3) is 0 Å². The third-order valence-corrected chi connectivity index (χ3v) is 8.79. The van der Waals surface area contributed by atoms with E-state index in [4.69, 9.17) is 26.8 Å². The first-order valence-electron chi connectivity index (χ1n) is 14.4. The minimum Gasteiger partial charge on any atom is -0.494 e. The Morgan fingerprint density at radius 3 is 2.38 bits per heavy atom. The number of aryl methyl sites for hydroxylation is 1. The molecule has 2 aliphatic rings. The maximum atomic E-state index is 13.4. The van der Waals surface area contributed by atoms with Gasteiger partial charge in [-0.15, -0.1) is 0 Å². The van der Waals surface area contributed by atoms with E-state index in [0.29, 0.717) is 29.5 Å². The molecule has 2 heterocycles. The standard InChI is InChI=1S/C33H35ClN4O3S/c1-3-4-5-6-19-41-27-17-15-26(16-18-27)37-31(39)21-30(32(37)40)42-33(35)38-29(24-11-13-25(34)14-12-24)20-28(36-38)23-9-7-22(2)8-10-23/h7-18,29-30,35H,3-6,19-21H2,1-2H3/t29-,30-/m0/s1. The number of benzene rings is 3. The highest BCUT2D eigenvalue weighted by Gasteiger charge is 2.42. The molecule has 0 spiro atoms. The van der Waals surface area contributed by atoms with Crippen molar-refractivity contribution >= 4 is 51.7 Å². The second-order valence-corrected chi connectivity index (χ2v) is 12.2. The molecule has 3 aromatic rings. The fraction of sp³-hybridized carbons (Fsp3) is 0.333. The van der Waals surface area contributed by atoms with E-state index in [0.717, 1.165) is 47.0 Å². The van der Waals surface area contributed by atoms with E-state index in [1.165, 1.54) is 17.7 Å². The number of amides is 2. The summed E-state index contributed by atoms with van der Waals surface area (Å²) in [6.45, 7) is 4.85. The zero-order chi connectivity index (χ0) is 29.6. The second kappa shape index (κ2) is 13.6. The van der Waals surface area contributed by atoms with Crippen LogP contribution >= 0.6 is 23.4 Å². The summed E-state index contributed by atoms with van der Waals surface area (Å²) in [6, 6.07) is 22.5. The highest BCUT2D eigenvalue weighted by atomic mass is 35.5. The van der Waals surface area contributed by atoms with Gasteiger partial charge in [0, 0.05) is 17.9 Å². The van der Waals surface area contributed by atoms with E-state index in [1.54, 1.807) is 29.3 Å². The van der Waals surface area contributed by atoms with Gasteiger partial charge in [-0.05, 0) is 60.9 Å². The van der Waals surface area contributed by atoms with Crippen LogP contribution in [0.1, 0.15) is 68.2 Å². The number of carbonyl (C=O) groups is 2. The maximum Gasteiger partial charge on any atom is 0.247 e. The summed E-state index contributed by atoms with van der Waals surface area (Å²) in [5, 5.41) is 15.5. The third kappa shape index (κ3) is 6.88. The monoisotopic (exact) mass is 602 g/mol. The Balaban J connectivity index is 1.28. The van der Waals surface area contributed by atoms with E-state index in [1.807, 2.05) is 55.5 Å². The predicted octanol–water partition coefficient (Wildman–Crippen LogP) is 7.76. The number of rotatable bonds is 10. The molecule has 0 unspecified atom stereocenters. The molecule has 0 aliphatic carbocycles. The van der Waals surface area contributed by atoms with Gasteiger partial charge in [0.05, 0.1) is 24.0 Å². The maximum absolute atomic E-state index is 13.4. The smallest absolute Gasteiger partial charge is 0.247 e. The summed E-state index contributed by atoms with van der Waals surface area (Å²) in [7, 11) is 0. The first-order valence-corrected chi connectivity index (χ1v) is 15.6. The molecule has 2 aliphatic heterocycles. The lowest BCUT2D eigenvalue weighted by Crippen LogP contribution is -2.32. The van der Waals surface area contributed by atoms with Crippen molar-refractivity contribution in [2.24, 2.45) is 5.10 Å². The van der Waals surface area contributed by atoms with E-state index < -0.39 is 5.25 Å². The van der Waals surface area contributed by atoms with E-state index in [2.05, 4.69) is 6.92 Å². The predicted molar refractivity (Wildman–Crippen MR) is 171 cm³/mol. The third-order valence-electron chi connectivity index (χ3n) is 7.48. The molecule has 2 atom stereocenters. The van der Waals surface area contributed by atoms with Crippen molar-refractivity contribution in [1.29, 1.82) is 5.41 Å². The number of nitrogens with zero attached hydrogens (tertiary/aromatic N) is 3. The number of halogens is 1. The van der Waals surface area contributed by atoms with Crippen LogP contribution in [0.15, 0.2) is 77.9 Å². The number of carbonyl (C=O) groups excluding carboxylic acids is 2. The van der Waals surface area contributed by atoms with Crippen LogP contribution in [0.2, 0.25) is 5.02 Å². The lowest BCUT2D eigenvalue weighted by Gasteiger charge is -2.24. The molecule has 3 aromatic carbocycles. The molecular formula is C33H35ClN4O3S. The summed E-state index contributed by atoms with van der Waals surface area (Å²) in [6.07, 6.45) is 5.12. The van der Waals surface area contributed by atoms with Crippen LogP contribution in [0.25, 0.3) is 0 Å². The Labute approximate surface area is 256 Å². The van der Waals surface area contributed by atoms with Crippen molar-refractivity contribution in [1.82, 2.24) is 5.01 Å². The molecule has 0 saturated carbocycles. The van der Waals surface area contributed by atoms with Gasteiger partial charge >= 0.3 is 0 Å². The fourth-order valence-corrected chi connectivity index (χ4v) is 6.23. The van der Waals surface area contributed by atoms with Crippen LogP contribution in [-0.2, 0) is 9.59 Å². The van der Waals surface area contributed by atoms with Gasteiger partial charge < -0.3 is 4.74 Å². The molecule has 2 amide bonds. The Morgan fingerprint density at radius 1 is 0.976 bits per heavy atom. The molecule has 1 N–H and O–H groups in total. The molecule has 42 heavy (non-hydrogen) atoms. The van der Waals surface area contributed by atoms with Crippen molar-refractivity contribution in [3.8, 4) is 5.75 Å². The van der Waals surface area contributed by atoms with Crippen LogP contribution in [0.3, 0.4) is 0 Å². The van der Waals surface area contributed by atoms with Crippen molar-refractivity contribution < 1.29 is 14.3 Å². The molecule has 1 fully saturated rings. The Kier molecular flexibility index (Phi) is 9.65. The molecule has 218 valence electrons. The lowest BCUT2D eigenvalue weighted by atomic mass is 9.98. The SMILES string of the molecule is CCCCCCOc1ccc(N2C(=O)C[C@H](SC(=N)N3N=C(c4ccc(C)cc4)C[C@H]3c3ccc(Cl)cc3)C2=O)cc1. The van der Waals surface area contributed by atoms with Crippen LogP contribution in [0.5, 0.6) is 5.75 Å². The van der Waals surface area contributed by atoms with Gasteiger partial charge in [0.15, 0.2) is 5.17 Å². The molecule has 5 rings (SSSR count). The molecule has 1 saturated heterocycles. The van der Waals surface area contributed by atoms with Crippen LogP contribution < -0.4 is 9.64 Å². The molecule has 0 radical (unpaired) electrons. The average molecular weight is 603 g/mol. The largest absolute Gasteiger partial charge is 0.494 e. The Hall–Kier alpha value is -3.62. The van der Waals surface area contributed by atoms with Gasteiger partial charge in [-0.25, -0.2) is 9.91 Å². The number of nitrogens with one attached hydrogen (secondary N) is 1. The first-order chi connectivity index (χ1) is 20.3. The number of unbranched alkanes of at least 4 members (excludes halogenated alkanes) is 3. The summed E-state index contributed by atoms with van der Waals surface area (Å²) in [4.78, 5) is 27.6. The first kappa shape index (κ1) is 29.9. The molecular weight excluding hydrogens is 568 g/mol. The van der Waals surface area contributed by atoms with Gasteiger partial charge in [-0.1, -0.05) is 91.5 Å². The van der Waals surface area contributed by atoms with Crippen molar-refractivity contribution in [3.63, 3.8) is 0 Å². The quantitative estimate of drug-likeness (QED) is 0.111. The van der Waals surface area contributed by atoms with Crippen molar-refractivity contribution in [2.45, 2.75) is 63.7 Å². The van der Waals surface area contributed by atoms with Gasteiger partial charge in [0.1, 0.15) is 11.0 Å². The highest BCUT2D eigenvalue weighted by Crippen LogP contribution is 2.38. The number of ether oxygens (including phenoxy) is 1. The minimum atomic E-state index is -0.705. The number of hydrogen-bond donors (Lipinski definition) is 1. The number of hydrazone groups is 1. The van der Waals surface area contributed by atoms with Crippen LogP contribution in [0, 0.1) is 12.3 Å². The van der Waals surface area contributed by atoms with Crippen molar-refractivity contribution in [2.75, 3.05) is 11.5 Å². The number of thioether (sulfide) groups is 1. The Morgan fingerprint density at radius 2 is 1.69 bits per heavy atom. The van der Waals surface area contributed by atoms with Crippen molar-refractivity contribution in [3.05, 3.63) is 94.5 Å². The number of imide groups is 1. The number of amidine groups is 1. The topological polar surface area (TPSA) is 86.1 Å². The Bertz CT molecular complexity index is 1460. The van der Waals surface area contributed by atoms with Gasteiger partial charge in [-0.2, -0.15) is 5.10 Å². The van der Waals surface area contributed by atoms with E-state index in [9.17, 15) is 9.59 Å². The molecule has 0 bridgehead atoms. The molecule has 7 nitrogen and oxygen atoms in total. The molecule has 0 aromatic heterocycles. The summed E-state index contributed by atoms with van der Waals surface area (Å²) < 4.78 is 5.81. The lowest BCUT2D eigenvalue weighted by molar-refractivity contribution is -0.121. The highest BCUT2D eigenvalue weighted by molar-refractivity contribution is 8.14. The van der Waals surface area contributed by atoms with Crippen LogP contribution in [-0.4, -0.2) is 39.6 Å². The van der Waals surface area contributed by atoms with Gasteiger partial charge in [-0.3, -0.25) is 15.0 Å². The average Bonchev–Trinajstić information content (AvgIpc) is 3.55. The number of hydrogen-bond acceptors (Lipinski definition) is 6. The zero-order valence-corrected chi connectivity index (χ0v) is 25.5. The second-order valence-electron chi connectivity index (χ2n) is 10.6. The zero-order valence-electron chi connectivity index (χ0n) is 23.9. The summed E-state index contributed by atoms with van der Waals surface area (Å²) in [5.41, 5.74) is 4.50. The van der Waals surface area contributed by atoms with E-state index >= 15 is 0 Å². The number of anilines is 1. The van der Waals surface area contributed by atoms with Crippen LogP contribution in [0.4, 0.5) is 5.69 Å².